The molecule has 1 heterocycles. The second-order valence-corrected chi connectivity index (χ2v) is 6.69. The number of nitrogens with one attached hydrogen (secondary N) is 1. The van der Waals surface area contributed by atoms with Crippen molar-refractivity contribution in [2.75, 3.05) is 17.3 Å². The lowest BCUT2D eigenvalue weighted by atomic mass is 9.88. The molecule has 1 atom stereocenters. The van der Waals surface area contributed by atoms with Crippen LogP contribution in [0.4, 0.5) is 11.4 Å². The first-order chi connectivity index (χ1) is 13.4. The third kappa shape index (κ3) is 3.77. The predicted octanol–water partition coefficient (Wildman–Crippen LogP) is 3.78. The van der Waals surface area contributed by atoms with Gasteiger partial charge in [-0.25, -0.2) is 4.79 Å². The maximum atomic E-state index is 12.9. The molecule has 1 unspecified atom stereocenters. The van der Waals surface area contributed by atoms with E-state index in [1.54, 1.807) is 55.5 Å². The number of anilines is 2. The van der Waals surface area contributed by atoms with Crippen LogP contribution < -0.4 is 10.2 Å². The molecule has 0 spiro atoms. The second kappa shape index (κ2) is 8.27. The first kappa shape index (κ1) is 19.6. The summed E-state index contributed by atoms with van der Waals surface area (Å²) in [4.78, 5) is 39.6. The average Bonchev–Trinajstić information content (AvgIpc) is 2.69. The number of hydrogen-bond acceptors (Lipinski definition) is 4. The zero-order chi connectivity index (χ0) is 20.3. The van der Waals surface area contributed by atoms with E-state index in [-0.39, 0.29) is 17.9 Å². The van der Waals surface area contributed by atoms with Crippen LogP contribution in [0.25, 0.3) is 0 Å². The van der Waals surface area contributed by atoms with Gasteiger partial charge in [-0.3, -0.25) is 14.5 Å². The molecule has 7 heteroatoms. The Morgan fingerprint density at radius 1 is 1.11 bits per heavy atom. The summed E-state index contributed by atoms with van der Waals surface area (Å²) in [5, 5.41) is 3.07. The minimum absolute atomic E-state index is 0.149. The van der Waals surface area contributed by atoms with Crippen molar-refractivity contribution in [1.29, 1.82) is 0 Å². The van der Waals surface area contributed by atoms with Crippen LogP contribution in [0.5, 0.6) is 0 Å². The normalized spacial score (nSPS) is 16.8. The summed E-state index contributed by atoms with van der Waals surface area (Å²) in [6.45, 7) is 1.63. The van der Waals surface area contributed by atoms with E-state index >= 15 is 0 Å². The number of ether oxygens (including phenoxy) is 1. The molecule has 1 aliphatic rings. The molecule has 0 fully saturated rings. The third-order valence-electron chi connectivity index (χ3n) is 4.57. The molecule has 0 saturated heterocycles. The fourth-order valence-electron chi connectivity index (χ4n) is 3.25. The van der Waals surface area contributed by atoms with Crippen molar-refractivity contribution < 1.29 is 19.1 Å². The number of rotatable bonds is 4. The zero-order valence-electron chi connectivity index (χ0n) is 15.4. The Bertz CT molecular complexity index is 956. The van der Waals surface area contributed by atoms with Gasteiger partial charge >= 0.3 is 5.97 Å². The Balaban J connectivity index is 2.00. The van der Waals surface area contributed by atoms with Crippen molar-refractivity contribution in [2.24, 2.45) is 5.92 Å². The minimum Gasteiger partial charge on any atom is -0.466 e. The number of para-hydroxylation sites is 2. The highest BCUT2D eigenvalue weighted by Crippen LogP contribution is 2.34. The molecule has 1 N–H and O–H groups in total. The fourth-order valence-corrected chi connectivity index (χ4v) is 3.43. The monoisotopic (exact) mass is 398 g/mol. The Hall–Kier alpha value is -3.12. The van der Waals surface area contributed by atoms with Gasteiger partial charge in [0.1, 0.15) is 0 Å². The largest absolute Gasteiger partial charge is 0.466 e. The highest BCUT2D eigenvalue weighted by Gasteiger charge is 2.40. The van der Waals surface area contributed by atoms with E-state index in [9.17, 15) is 14.4 Å². The molecule has 0 saturated carbocycles. The van der Waals surface area contributed by atoms with Gasteiger partial charge in [-0.2, -0.15) is 0 Å². The number of carbonyl (C=O) groups excluding carboxylic acids is 3. The lowest BCUT2D eigenvalue weighted by Crippen LogP contribution is -2.43. The maximum Gasteiger partial charge on any atom is 0.336 e. The van der Waals surface area contributed by atoms with Crippen molar-refractivity contribution in [3.8, 4) is 0 Å². The number of benzene rings is 2. The Morgan fingerprint density at radius 2 is 1.75 bits per heavy atom. The molecule has 6 nitrogen and oxygen atoms in total. The molecule has 0 bridgehead atoms. The van der Waals surface area contributed by atoms with E-state index in [0.717, 1.165) is 0 Å². The van der Waals surface area contributed by atoms with Gasteiger partial charge in [-0.15, -0.1) is 0 Å². The van der Waals surface area contributed by atoms with Crippen LogP contribution in [0.2, 0.25) is 5.02 Å². The summed E-state index contributed by atoms with van der Waals surface area (Å²) in [5.41, 5.74) is 1.55. The lowest BCUT2D eigenvalue weighted by molar-refractivity contribution is -0.138. The van der Waals surface area contributed by atoms with Crippen LogP contribution >= 0.6 is 11.6 Å². The molecule has 0 aromatic heterocycles. The van der Waals surface area contributed by atoms with E-state index in [0.29, 0.717) is 22.1 Å². The number of carbonyl (C=O) groups is 3. The van der Waals surface area contributed by atoms with Crippen molar-refractivity contribution in [2.45, 2.75) is 13.3 Å². The molecule has 0 radical (unpaired) electrons. The average molecular weight is 399 g/mol. The van der Waals surface area contributed by atoms with E-state index < -0.39 is 17.8 Å². The van der Waals surface area contributed by atoms with Gasteiger partial charge in [0.25, 0.3) is 0 Å². The second-order valence-electron chi connectivity index (χ2n) is 6.28. The Labute approximate surface area is 167 Å². The predicted molar refractivity (Wildman–Crippen MR) is 107 cm³/mol. The first-order valence-corrected chi connectivity index (χ1v) is 9.04. The van der Waals surface area contributed by atoms with E-state index in [4.69, 9.17) is 16.3 Å². The van der Waals surface area contributed by atoms with Crippen LogP contribution in [0.3, 0.4) is 0 Å². The van der Waals surface area contributed by atoms with Gasteiger partial charge in [-0.1, -0.05) is 41.9 Å². The summed E-state index contributed by atoms with van der Waals surface area (Å²) in [6.07, 6.45) is -0.160. The number of halogens is 1. The van der Waals surface area contributed by atoms with Crippen LogP contribution in [-0.2, 0) is 19.1 Å². The summed E-state index contributed by atoms with van der Waals surface area (Å²) < 4.78 is 4.89. The smallest absolute Gasteiger partial charge is 0.336 e. The van der Waals surface area contributed by atoms with Crippen LogP contribution in [0, 0.1) is 5.92 Å². The topological polar surface area (TPSA) is 75.7 Å². The molecule has 2 aromatic carbocycles. The van der Waals surface area contributed by atoms with Crippen LogP contribution in [-0.4, -0.2) is 24.9 Å². The fraction of sp³-hybridized carbons (Fsp3) is 0.190. The molecule has 3 rings (SSSR count). The zero-order valence-corrected chi connectivity index (χ0v) is 16.2. The Kier molecular flexibility index (Phi) is 5.80. The van der Waals surface area contributed by atoms with Crippen LogP contribution in [0.1, 0.15) is 13.3 Å². The number of allylic oxidation sites excluding steroid dienone is 1. The summed E-state index contributed by atoms with van der Waals surface area (Å²) in [5.74, 6) is -2.40. The van der Waals surface area contributed by atoms with E-state index in [1.165, 1.54) is 12.0 Å². The third-order valence-corrected chi connectivity index (χ3v) is 4.90. The molecule has 1 aliphatic heterocycles. The number of esters is 1. The number of amides is 2. The quantitative estimate of drug-likeness (QED) is 0.795. The number of nitrogens with zero attached hydrogens (tertiary/aromatic N) is 1. The van der Waals surface area contributed by atoms with Crippen molar-refractivity contribution in [3.05, 3.63) is 70.9 Å². The minimum atomic E-state index is -0.976. The van der Waals surface area contributed by atoms with Gasteiger partial charge < -0.3 is 10.1 Å². The molecule has 28 heavy (non-hydrogen) atoms. The molecular weight excluding hydrogens is 380 g/mol. The SMILES string of the molecule is COC(=O)C1=C(C)N(c2ccccc2)C(=O)CC1C(=O)Nc1ccccc1Cl. The van der Waals surface area contributed by atoms with Crippen LogP contribution in [0.15, 0.2) is 65.9 Å². The van der Waals surface area contributed by atoms with E-state index in [2.05, 4.69) is 5.32 Å². The first-order valence-electron chi connectivity index (χ1n) is 8.66. The standard InChI is InChI=1S/C21H19ClN2O4/c1-13-19(21(27)28-2)15(20(26)23-17-11-7-6-10-16(17)22)12-18(25)24(13)14-8-4-3-5-9-14/h3-11,15H,12H2,1-2H3,(H,23,26). The summed E-state index contributed by atoms with van der Waals surface area (Å²) in [6, 6.07) is 15.7. The summed E-state index contributed by atoms with van der Waals surface area (Å²) >= 11 is 6.10. The molecule has 144 valence electrons. The van der Waals surface area contributed by atoms with Crippen molar-refractivity contribution >= 4 is 40.8 Å². The number of hydrogen-bond donors (Lipinski definition) is 1. The highest BCUT2D eigenvalue weighted by molar-refractivity contribution is 6.33. The van der Waals surface area contributed by atoms with Gasteiger partial charge in [0.05, 0.1) is 29.3 Å². The highest BCUT2D eigenvalue weighted by atomic mass is 35.5. The van der Waals surface area contributed by atoms with Gasteiger partial charge in [-0.05, 0) is 31.2 Å². The molecule has 0 aliphatic carbocycles. The molecule has 2 aromatic rings. The lowest BCUT2D eigenvalue weighted by Gasteiger charge is -2.33. The van der Waals surface area contributed by atoms with Crippen molar-refractivity contribution in [3.63, 3.8) is 0 Å². The number of methoxy groups -OCH3 is 1. The Morgan fingerprint density at radius 3 is 2.39 bits per heavy atom. The van der Waals surface area contributed by atoms with Gasteiger partial charge in [0.15, 0.2) is 0 Å². The maximum absolute atomic E-state index is 12.9. The van der Waals surface area contributed by atoms with Crippen molar-refractivity contribution in [1.82, 2.24) is 0 Å². The molecule has 2 amide bonds. The van der Waals surface area contributed by atoms with Gasteiger partial charge in [0.2, 0.25) is 11.8 Å². The molecular formula is C21H19ClN2O4. The van der Waals surface area contributed by atoms with Gasteiger partial charge in [0, 0.05) is 17.8 Å². The van der Waals surface area contributed by atoms with E-state index in [1.807, 2.05) is 6.07 Å². The summed E-state index contributed by atoms with van der Waals surface area (Å²) in [7, 11) is 1.24.